The number of aryl methyl sites for hydroxylation is 1. The lowest BCUT2D eigenvalue weighted by molar-refractivity contribution is -0.128. The second-order valence-electron chi connectivity index (χ2n) is 5.83. The smallest absolute Gasteiger partial charge is 0.261 e. The first kappa shape index (κ1) is 17.9. The lowest BCUT2D eigenvalue weighted by Crippen LogP contribution is -2.39. The Balaban J connectivity index is 2.01. The number of ether oxygens (including phenoxy) is 2. The Hall–Kier alpha value is -2.49. The lowest BCUT2D eigenvalue weighted by Gasteiger charge is -2.21. The molecular weight excluding hydrogens is 302 g/mol. The minimum atomic E-state index is -0.537. The zero-order valence-corrected chi connectivity index (χ0v) is 14.7. The van der Waals surface area contributed by atoms with Crippen molar-refractivity contribution >= 4 is 5.91 Å². The van der Waals surface area contributed by atoms with Crippen LogP contribution in [-0.4, -0.2) is 19.1 Å². The molecule has 24 heavy (non-hydrogen) atoms. The highest BCUT2D eigenvalue weighted by atomic mass is 16.5. The third-order valence-electron chi connectivity index (χ3n) is 3.92. The van der Waals surface area contributed by atoms with Gasteiger partial charge >= 0.3 is 0 Å². The van der Waals surface area contributed by atoms with E-state index in [1.54, 1.807) is 13.2 Å². The molecule has 1 N–H and O–H groups in total. The van der Waals surface area contributed by atoms with E-state index in [2.05, 4.69) is 5.32 Å². The quantitative estimate of drug-likeness (QED) is 0.835. The summed E-state index contributed by atoms with van der Waals surface area (Å²) in [5.74, 6) is 1.21. The molecule has 2 rings (SSSR count). The molecule has 0 heterocycles. The van der Waals surface area contributed by atoms with Gasteiger partial charge in [-0.1, -0.05) is 42.8 Å². The number of hydrogen-bond acceptors (Lipinski definition) is 3. The van der Waals surface area contributed by atoms with Crippen molar-refractivity contribution in [2.24, 2.45) is 0 Å². The fourth-order valence-electron chi connectivity index (χ4n) is 2.41. The maximum atomic E-state index is 12.5. The van der Waals surface area contributed by atoms with Crippen LogP contribution in [0.4, 0.5) is 0 Å². The Labute approximate surface area is 143 Å². The van der Waals surface area contributed by atoms with E-state index in [4.69, 9.17) is 9.47 Å². The van der Waals surface area contributed by atoms with Crippen LogP contribution in [0.2, 0.25) is 0 Å². The molecule has 0 bridgehead atoms. The predicted octanol–water partition coefficient (Wildman–Crippen LogP) is 4.04. The third kappa shape index (κ3) is 4.75. The monoisotopic (exact) mass is 327 g/mol. The van der Waals surface area contributed by atoms with Crippen LogP contribution in [0.5, 0.6) is 11.5 Å². The third-order valence-corrected chi connectivity index (χ3v) is 3.92. The van der Waals surface area contributed by atoms with Crippen LogP contribution >= 0.6 is 0 Å². The fourth-order valence-corrected chi connectivity index (χ4v) is 2.41. The Morgan fingerprint density at radius 1 is 1.12 bits per heavy atom. The lowest BCUT2D eigenvalue weighted by atomic mass is 10.1. The summed E-state index contributed by atoms with van der Waals surface area (Å²) in [6, 6.07) is 15.4. The van der Waals surface area contributed by atoms with Gasteiger partial charge in [0, 0.05) is 6.07 Å². The van der Waals surface area contributed by atoms with Crippen molar-refractivity contribution in [3.63, 3.8) is 0 Å². The summed E-state index contributed by atoms with van der Waals surface area (Å²) in [7, 11) is 1.60. The largest absolute Gasteiger partial charge is 0.497 e. The van der Waals surface area contributed by atoms with E-state index < -0.39 is 6.10 Å². The molecular formula is C20H25NO3. The maximum absolute atomic E-state index is 12.5. The van der Waals surface area contributed by atoms with Crippen molar-refractivity contribution in [2.45, 2.75) is 39.3 Å². The molecule has 1 amide bonds. The van der Waals surface area contributed by atoms with Crippen molar-refractivity contribution in [1.29, 1.82) is 0 Å². The standard InChI is InChI=1S/C20H25NO3/c1-5-19(24-18-8-6-7-17(13-18)23-4)20(22)21-15(3)16-11-9-14(2)10-12-16/h6-13,15,19H,5H2,1-4H3,(H,21,22)/t15-,19-/m1/s1. The van der Waals surface area contributed by atoms with Crippen LogP contribution in [-0.2, 0) is 4.79 Å². The Kier molecular flexibility index (Phi) is 6.24. The first-order valence-corrected chi connectivity index (χ1v) is 8.21. The molecule has 2 aromatic rings. The van der Waals surface area contributed by atoms with Crippen LogP contribution < -0.4 is 14.8 Å². The number of hydrogen-bond donors (Lipinski definition) is 1. The second-order valence-corrected chi connectivity index (χ2v) is 5.83. The number of methoxy groups -OCH3 is 1. The zero-order chi connectivity index (χ0) is 17.5. The summed E-state index contributed by atoms with van der Waals surface area (Å²) in [6.07, 6.45) is 0.0499. The highest BCUT2D eigenvalue weighted by Crippen LogP contribution is 2.21. The molecule has 4 heteroatoms. The highest BCUT2D eigenvalue weighted by Gasteiger charge is 2.20. The Morgan fingerprint density at radius 3 is 2.42 bits per heavy atom. The summed E-state index contributed by atoms with van der Waals surface area (Å²) in [6.45, 7) is 5.95. The minimum Gasteiger partial charge on any atom is -0.497 e. The van der Waals surface area contributed by atoms with Crippen molar-refractivity contribution in [2.75, 3.05) is 7.11 Å². The predicted molar refractivity (Wildman–Crippen MR) is 95.4 cm³/mol. The SMILES string of the molecule is CC[C@@H](Oc1cccc(OC)c1)C(=O)N[C@H](C)c1ccc(C)cc1. The molecule has 0 spiro atoms. The van der Waals surface area contributed by atoms with E-state index >= 15 is 0 Å². The maximum Gasteiger partial charge on any atom is 0.261 e. The highest BCUT2D eigenvalue weighted by molar-refractivity contribution is 5.81. The van der Waals surface area contributed by atoms with E-state index in [0.29, 0.717) is 17.9 Å². The van der Waals surface area contributed by atoms with E-state index in [1.165, 1.54) is 5.56 Å². The van der Waals surface area contributed by atoms with Crippen molar-refractivity contribution in [3.05, 3.63) is 59.7 Å². The molecule has 0 aliphatic rings. The van der Waals surface area contributed by atoms with Gasteiger partial charge in [0.05, 0.1) is 13.2 Å². The van der Waals surface area contributed by atoms with Gasteiger partial charge in [-0.3, -0.25) is 4.79 Å². The summed E-state index contributed by atoms with van der Waals surface area (Å²) >= 11 is 0. The van der Waals surface area contributed by atoms with Gasteiger partial charge in [0.2, 0.25) is 0 Å². The molecule has 128 valence electrons. The van der Waals surface area contributed by atoms with Gasteiger partial charge in [0.15, 0.2) is 6.10 Å². The summed E-state index contributed by atoms with van der Waals surface area (Å²) < 4.78 is 11.0. The van der Waals surface area contributed by atoms with Crippen molar-refractivity contribution in [1.82, 2.24) is 5.32 Å². The summed E-state index contributed by atoms with van der Waals surface area (Å²) in [4.78, 5) is 12.5. The van der Waals surface area contributed by atoms with Crippen LogP contribution in [0.25, 0.3) is 0 Å². The van der Waals surface area contributed by atoms with Gasteiger partial charge in [-0.15, -0.1) is 0 Å². The molecule has 0 saturated heterocycles. The Morgan fingerprint density at radius 2 is 1.79 bits per heavy atom. The van der Waals surface area contributed by atoms with Crippen molar-refractivity contribution in [3.8, 4) is 11.5 Å². The van der Waals surface area contributed by atoms with Crippen LogP contribution in [0.15, 0.2) is 48.5 Å². The molecule has 0 aliphatic carbocycles. The van der Waals surface area contributed by atoms with E-state index in [-0.39, 0.29) is 11.9 Å². The van der Waals surface area contributed by atoms with Crippen molar-refractivity contribution < 1.29 is 14.3 Å². The summed E-state index contributed by atoms with van der Waals surface area (Å²) in [5.41, 5.74) is 2.27. The van der Waals surface area contributed by atoms with Gasteiger partial charge in [-0.05, 0) is 38.0 Å². The number of rotatable bonds is 7. The average molecular weight is 327 g/mol. The zero-order valence-electron chi connectivity index (χ0n) is 14.7. The van der Waals surface area contributed by atoms with Gasteiger partial charge in [-0.25, -0.2) is 0 Å². The topological polar surface area (TPSA) is 47.6 Å². The molecule has 0 aliphatic heterocycles. The van der Waals surface area contributed by atoms with Gasteiger partial charge in [-0.2, -0.15) is 0 Å². The number of carbonyl (C=O) groups is 1. The van der Waals surface area contributed by atoms with Crippen LogP contribution in [0.3, 0.4) is 0 Å². The van der Waals surface area contributed by atoms with Gasteiger partial charge in [0.25, 0.3) is 5.91 Å². The molecule has 4 nitrogen and oxygen atoms in total. The number of benzene rings is 2. The first-order valence-electron chi connectivity index (χ1n) is 8.21. The fraction of sp³-hybridized carbons (Fsp3) is 0.350. The average Bonchev–Trinajstić information content (AvgIpc) is 2.60. The Bertz CT molecular complexity index is 667. The molecule has 0 radical (unpaired) electrons. The van der Waals surface area contributed by atoms with E-state index in [9.17, 15) is 4.79 Å². The number of nitrogens with one attached hydrogen (secondary N) is 1. The van der Waals surface area contributed by atoms with Gasteiger partial charge in [0.1, 0.15) is 11.5 Å². The molecule has 0 aromatic heterocycles. The number of carbonyl (C=O) groups excluding carboxylic acids is 1. The molecule has 2 atom stereocenters. The van der Waals surface area contributed by atoms with Crippen LogP contribution in [0.1, 0.15) is 37.4 Å². The van der Waals surface area contributed by atoms with E-state index in [1.807, 2.05) is 63.2 Å². The molecule has 0 fully saturated rings. The van der Waals surface area contributed by atoms with Crippen LogP contribution in [0, 0.1) is 6.92 Å². The molecule has 0 unspecified atom stereocenters. The minimum absolute atomic E-state index is 0.0685. The van der Waals surface area contributed by atoms with Gasteiger partial charge < -0.3 is 14.8 Å². The first-order chi connectivity index (χ1) is 11.5. The normalized spacial score (nSPS) is 13.0. The summed E-state index contributed by atoms with van der Waals surface area (Å²) in [5, 5.41) is 3.02. The van der Waals surface area contributed by atoms with E-state index in [0.717, 1.165) is 5.56 Å². The molecule has 0 saturated carbocycles. The second kappa shape index (κ2) is 8.39. The molecule has 2 aromatic carbocycles. The number of amides is 1.